The Kier molecular flexibility index (Phi) is 3.99. The molecule has 0 bridgehead atoms. The highest BCUT2D eigenvalue weighted by atomic mass is 35.5. The first-order valence-corrected chi connectivity index (χ1v) is 5.95. The Morgan fingerprint density at radius 2 is 2.17 bits per heavy atom. The van der Waals surface area contributed by atoms with Crippen molar-refractivity contribution in [3.8, 4) is 5.88 Å². The zero-order valence-corrected chi connectivity index (χ0v) is 11.0. The molecule has 1 aromatic carbocycles. The molecular weight excluding hydrogens is 250 g/mol. The summed E-state index contributed by atoms with van der Waals surface area (Å²) in [6.07, 6.45) is 3.27. The molecule has 0 unspecified atom stereocenters. The Bertz CT molecular complexity index is 546. The first kappa shape index (κ1) is 12.6. The summed E-state index contributed by atoms with van der Waals surface area (Å²) in [5.74, 6) is 0.497. The minimum Gasteiger partial charge on any atom is -0.472 e. The summed E-state index contributed by atoms with van der Waals surface area (Å²) in [5, 5.41) is 3.75. The predicted molar refractivity (Wildman–Crippen MR) is 72.1 cm³/mol. The largest absolute Gasteiger partial charge is 0.472 e. The minimum absolute atomic E-state index is 0.355. The summed E-state index contributed by atoms with van der Waals surface area (Å²) in [5.41, 5.74) is 2.67. The van der Waals surface area contributed by atoms with Gasteiger partial charge in [0.05, 0.1) is 11.9 Å². The monoisotopic (exact) mass is 263 g/mol. The van der Waals surface area contributed by atoms with Crippen molar-refractivity contribution in [3.63, 3.8) is 0 Å². The van der Waals surface area contributed by atoms with Gasteiger partial charge in [-0.3, -0.25) is 4.98 Å². The molecule has 2 rings (SSSR count). The van der Waals surface area contributed by atoms with E-state index in [0.717, 1.165) is 16.9 Å². The molecule has 0 amide bonds. The molecule has 18 heavy (non-hydrogen) atoms. The van der Waals surface area contributed by atoms with Crippen LogP contribution in [0.25, 0.3) is 0 Å². The van der Waals surface area contributed by atoms with Gasteiger partial charge in [-0.2, -0.15) is 0 Å². The SMILES string of the molecule is CNc1cccc(Cl)c1COc1cncc(C)n1. The van der Waals surface area contributed by atoms with Gasteiger partial charge in [-0.1, -0.05) is 17.7 Å². The van der Waals surface area contributed by atoms with E-state index in [9.17, 15) is 0 Å². The Balaban J connectivity index is 2.15. The Morgan fingerprint density at radius 3 is 2.89 bits per heavy atom. The number of hydrogen-bond donors (Lipinski definition) is 1. The van der Waals surface area contributed by atoms with Crippen LogP contribution in [-0.4, -0.2) is 17.0 Å². The zero-order chi connectivity index (χ0) is 13.0. The van der Waals surface area contributed by atoms with Crippen LogP contribution < -0.4 is 10.1 Å². The third-order valence-corrected chi connectivity index (χ3v) is 2.84. The van der Waals surface area contributed by atoms with Crippen LogP contribution >= 0.6 is 11.6 Å². The van der Waals surface area contributed by atoms with Crippen molar-refractivity contribution in [2.45, 2.75) is 13.5 Å². The average molecular weight is 264 g/mol. The molecular formula is C13H14ClN3O. The van der Waals surface area contributed by atoms with Gasteiger partial charge >= 0.3 is 0 Å². The van der Waals surface area contributed by atoms with Crippen LogP contribution in [0, 0.1) is 6.92 Å². The normalized spacial score (nSPS) is 10.2. The molecule has 1 N–H and O–H groups in total. The van der Waals surface area contributed by atoms with Gasteiger partial charge in [0.1, 0.15) is 6.61 Å². The Labute approximate surface area is 111 Å². The summed E-state index contributed by atoms with van der Waals surface area (Å²) < 4.78 is 5.60. The zero-order valence-electron chi connectivity index (χ0n) is 10.3. The highest BCUT2D eigenvalue weighted by Gasteiger charge is 2.07. The van der Waals surface area contributed by atoms with Crippen molar-refractivity contribution in [3.05, 3.63) is 46.9 Å². The summed E-state index contributed by atoms with van der Waals surface area (Å²) in [7, 11) is 1.85. The van der Waals surface area contributed by atoms with E-state index in [4.69, 9.17) is 16.3 Å². The summed E-state index contributed by atoms with van der Waals surface area (Å²) in [6.45, 7) is 2.22. The van der Waals surface area contributed by atoms with Crippen molar-refractivity contribution >= 4 is 17.3 Å². The molecule has 2 aromatic rings. The van der Waals surface area contributed by atoms with Gasteiger partial charge in [0.15, 0.2) is 0 Å². The molecule has 1 heterocycles. The van der Waals surface area contributed by atoms with Crippen LogP contribution in [0.15, 0.2) is 30.6 Å². The van der Waals surface area contributed by atoms with Crippen LogP contribution in [0.5, 0.6) is 5.88 Å². The topological polar surface area (TPSA) is 47.0 Å². The van der Waals surface area contributed by atoms with Gasteiger partial charge in [0.25, 0.3) is 0 Å². The first-order chi connectivity index (χ1) is 8.70. The van der Waals surface area contributed by atoms with Crippen LogP contribution in [0.2, 0.25) is 5.02 Å². The lowest BCUT2D eigenvalue weighted by Gasteiger charge is -2.11. The van der Waals surface area contributed by atoms with Crippen LogP contribution in [0.1, 0.15) is 11.3 Å². The highest BCUT2D eigenvalue weighted by Crippen LogP contribution is 2.25. The number of aromatic nitrogens is 2. The second-order valence-electron chi connectivity index (χ2n) is 3.80. The van der Waals surface area contributed by atoms with Crippen LogP contribution in [-0.2, 0) is 6.61 Å². The lowest BCUT2D eigenvalue weighted by Crippen LogP contribution is -2.03. The lowest BCUT2D eigenvalue weighted by molar-refractivity contribution is 0.292. The van der Waals surface area contributed by atoms with Gasteiger partial charge < -0.3 is 10.1 Å². The quantitative estimate of drug-likeness (QED) is 0.921. The van der Waals surface area contributed by atoms with Gasteiger partial charge in [0, 0.05) is 29.5 Å². The number of nitrogens with zero attached hydrogens (tertiary/aromatic N) is 2. The molecule has 0 fully saturated rings. The summed E-state index contributed by atoms with van der Waals surface area (Å²) >= 11 is 6.15. The smallest absolute Gasteiger partial charge is 0.232 e. The lowest BCUT2D eigenvalue weighted by atomic mass is 10.2. The second kappa shape index (κ2) is 5.69. The fraction of sp³-hybridized carbons (Fsp3) is 0.231. The number of hydrogen-bond acceptors (Lipinski definition) is 4. The Hall–Kier alpha value is -1.81. The number of aryl methyl sites for hydroxylation is 1. The standard InChI is InChI=1S/C13H14ClN3O/c1-9-6-16-7-13(17-9)18-8-10-11(14)4-3-5-12(10)15-2/h3-7,15H,8H2,1-2H3. The van der Waals surface area contributed by atoms with E-state index in [1.54, 1.807) is 12.4 Å². The number of halogens is 1. The van der Waals surface area contributed by atoms with E-state index < -0.39 is 0 Å². The van der Waals surface area contributed by atoms with E-state index >= 15 is 0 Å². The number of benzene rings is 1. The number of rotatable bonds is 4. The highest BCUT2D eigenvalue weighted by molar-refractivity contribution is 6.31. The molecule has 0 radical (unpaired) electrons. The molecule has 0 spiro atoms. The van der Waals surface area contributed by atoms with E-state index in [-0.39, 0.29) is 0 Å². The van der Waals surface area contributed by atoms with Crippen LogP contribution in [0.3, 0.4) is 0 Å². The fourth-order valence-electron chi connectivity index (χ4n) is 1.60. The molecule has 0 aliphatic carbocycles. The molecule has 0 aliphatic heterocycles. The number of nitrogens with one attached hydrogen (secondary N) is 1. The number of ether oxygens (including phenoxy) is 1. The maximum absolute atomic E-state index is 6.15. The first-order valence-electron chi connectivity index (χ1n) is 5.57. The maximum atomic E-state index is 6.15. The van der Waals surface area contributed by atoms with E-state index in [1.165, 1.54) is 0 Å². The van der Waals surface area contributed by atoms with Gasteiger partial charge in [-0.25, -0.2) is 4.98 Å². The minimum atomic E-state index is 0.355. The molecule has 94 valence electrons. The number of anilines is 1. The molecule has 0 saturated heterocycles. The Morgan fingerprint density at radius 1 is 1.33 bits per heavy atom. The fourth-order valence-corrected chi connectivity index (χ4v) is 1.82. The van der Waals surface area contributed by atoms with E-state index in [2.05, 4.69) is 15.3 Å². The van der Waals surface area contributed by atoms with Crippen LogP contribution in [0.4, 0.5) is 5.69 Å². The second-order valence-corrected chi connectivity index (χ2v) is 4.21. The molecule has 1 aromatic heterocycles. The van der Waals surface area contributed by atoms with Crippen molar-refractivity contribution in [1.29, 1.82) is 0 Å². The summed E-state index contributed by atoms with van der Waals surface area (Å²) in [6, 6.07) is 5.68. The molecule has 4 nitrogen and oxygen atoms in total. The van der Waals surface area contributed by atoms with E-state index in [0.29, 0.717) is 17.5 Å². The third kappa shape index (κ3) is 2.90. The van der Waals surface area contributed by atoms with Crippen molar-refractivity contribution in [1.82, 2.24) is 9.97 Å². The van der Waals surface area contributed by atoms with Gasteiger partial charge in [0.2, 0.25) is 5.88 Å². The van der Waals surface area contributed by atoms with Crippen molar-refractivity contribution in [2.75, 3.05) is 12.4 Å². The predicted octanol–water partition coefficient (Wildman–Crippen LogP) is 3.06. The van der Waals surface area contributed by atoms with Crippen molar-refractivity contribution < 1.29 is 4.74 Å². The van der Waals surface area contributed by atoms with Crippen molar-refractivity contribution in [2.24, 2.45) is 0 Å². The molecule has 0 atom stereocenters. The molecule has 0 aliphatic rings. The summed E-state index contributed by atoms with van der Waals surface area (Å²) in [4.78, 5) is 8.25. The van der Waals surface area contributed by atoms with Gasteiger partial charge in [-0.15, -0.1) is 0 Å². The molecule has 5 heteroatoms. The van der Waals surface area contributed by atoms with Gasteiger partial charge in [-0.05, 0) is 19.1 Å². The third-order valence-electron chi connectivity index (χ3n) is 2.49. The average Bonchev–Trinajstić information content (AvgIpc) is 2.37. The molecule has 0 saturated carbocycles. The maximum Gasteiger partial charge on any atom is 0.232 e. The van der Waals surface area contributed by atoms with E-state index in [1.807, 2.05) is 32.2 Å².